The maximum absolute atomic E-state index is 13.4. The maximum atomic E-state index is 13.4. The fourth-order valence-electron chi connectivity index (χ4n) is 4.83. The minimum Gasteiger partial charge on any atom is -0.469 e. The van der Waals surface area contributed by atoms with Crippen molar-refractivity contribution in [3.05, 3.63) is 23.4 Å². The number of hydrogen-bond acceptors (Lipinski definition) is 7. The number of alkyl halides is 6. The van der Waals surface area contributed by atoms with E-state index < -0.39 is 35.8 Å². The van der Waals surface area contributed by atoms with Crippen molar-refractivity contribution >= 4 is 5.95 Å². The standard InChI is InChI=1S/C21H24F6N6O2/c22-20(23,24)12-4-5-33-16(7-12)31-32-17(33)11-2-1-3-13(6-11)29-19-28-8-15(21(25,26)27)18(30-19)35-14-9-34-10-14/h8,11-14H,1-7,9-10H2,(H,28,29,30)/t11-,12+,13+/m0/s1. The number of aromatic nitrogens is 5. The molecule has 0 aromatic carbocycles. The third kappa shape index (κ3) is 5.16. The van der Waals surface area contributed by atoms with E-state index >= 15 is 0 Å². The van der Waals surface area contributed by atoms with Crippen molar-refractivity contribution in [2.75, 3.05) is 18.5 Å². The minimum atomic E-state index is -4.66. The van der Waals surface area contributed by atoms with Gasteiger partial charge in [-0.1, -0.05) is 6.42 Å². The van der Waals surface area contributed by atoms with Gasteiger partial charge in [0.2, 0.25) is 11.8 Å². The van der Waals surface area contributed by atoms with Crippen LogP contribution in [-0.2, 0) is 23.9 Å². The molecule has 8 nitrogen and oxygen atoms in total. The summed E-state index contributed by atoms with van der Waals surface area (Å²) in [7, 11) is 0. The molecular formula is C21H24F6N6O2. The summed E-state index contributed by atoms with van der Waals surface area (Å²) in [6.45, 7) is 0.603. The summed E-state index contributed by atoms with van der Waals surface area (Å²) in [4.78, 5) is 7.83. The molecule has 0 bridgehead atoms. The second-order valence-electron chi connectivity index (χ2n) is 9.25. The predicted molar refractivity (Wildman–Crippen MR) is 109 cm³/mol. The van der Waals surface area contributed by atoms with Crippen LogP contribution >= 0.6 is 0 Å². The Bertz CT molecular complexity index is 1050. The highest BCUT2D eigenvalue weighted by atomic mass is 19.4. The zero-order valence-corrected chi connectivity index (χ0v) is 18.6. The molecule has 4 heterocycles. The number of nitrogens with one attached hydrogen (secondary N) is 1. The highest BCUT2D eigenvalue weighted by Gasteiger charge is 2.43. The Balaban J connectivity index is 1.28. The average Bonchev–Trinajstić information content (AvgIpc) is 3.19. The van der Waals surface area contributed by atoms with Crippen LogP contribution < -0.4 is 10.1 Å². The molecule has 1 aliphatic carbocycles. The van der Waals surface area contributed by atoms with Crippen molar-refractivity contribution < 1.29 is 35.8 Å². The lowest BCUT2D eigenvalue weighted by atomic mass is 9.85. The molecule has 0 radical (unpaired) electrons. The van der Waals surface area contributed by atoms with Crippen LogP contribution in [0.5, 0.6) is 5.88 Å². The molecule has 35 heavy (non-hydrogen) atoms. The van der Waals surface area contributed by atoms with E-state index in [1.165, 1.54) is 0 Å². The van der Waals surface area contributed by atoms with E-state index in [-0.39, 0.29) is 50.5 Å². The zero-order valence-electron chi connectivity index (χ0n) is 18.6. The molecule has 14 heteroatoms. The Kier molecular flexibility index (Phi) is 6.26. The van der Waals surface area contributed by atoms with Gasteiger partial charge in [-0.3, -0.25) is 0 Å². The molecular weight excluding hydrogens is 482 g/mol. The Hall–Kier alpha value is -2.64. The minimum absolute atomic E-state index is 0.00978. The van der Waals surface area contributed by atoms with Gasteiger partial charge in [-0.15, -0.1) is 10.2 Å². The monoisotopic (exact) mass is 506 g/mol. The Labute approximate surface area is 196 Å². The van der Waals surface area contributed by atoms with Gasteiger partial charge in [0.25, 0.3) is 0 Å². The van der Waals surface area contributed by atoms with E-state index in [1.807, 2.05) is 0 Å². The first-order valence-electron chi connectivity index (χ1n) is 11.5. The van der Waals surface area contributed by atoms with Gasteiger partial charge < -0.3 is 19.4 Å². The lowest BCUT2D eigenvalue weighted by Gasteiger charge is -2.31. The molecule has 2 aromatic heterocycles. The summed E-state index contributed by atoms with van der Waals surface area (Å²) in [5, 5.41) is 11.3. The highest BCUT2D eigenvalue weighted by Crippen LogP contribution is 2.39. The third-order valence-electron chi connectivity index (χ3n) is 6.77. The van der Waals surface area contributed by atoms with Gasteiger partial charge in [0, 0.05) is 31.1 Å². The van der Waals surface area contributed by atoms with E-state index in [9.17, 15) is 26.3 Å². The van der Waals surface area contributed by atoms with Gasteiger partial charge >= 0.3 is 12.4 Å². The predicted octanol–water partition coefficient (Wildman–Crippen LogP) is 4.13. The van der Waals surface area contributed by atoms with Gasteiger partial charge in [-0.05, 0) is 25.7 Å². The quantitative estimate of drug-likeness (QED) is 0.611. The fraction of sp³-hybridized carbons (Fsp3) is 0.714. The van der Waals surface area contributed by atoms with Crippen LogP contribution in [0.4, 0.5) is 32.3 Å². The van der Waals surface area contributed by atoms with Crippen molar-refractivity contribution in [2.45, 2.75) is 75.5 Å². The summed E-state index contributed by atoms with van der Waals surface area (Å²) >= 11 is 0. The molecule has 5 rings (SSSR count). The van der Waals surface area contributed by atoms with Crippen molar-refractivity contribution in [1.82, 2.24) is 24.7 Å². The molecule has 2 aromatic rings. The number of anilines is 1. The Morgan fingerprint density at radius 3 is 2.54 bits per heavy atom. The van der Waals surface area contributed by atoms with Gasteiger partial charge in [-0.2, -0.15) is 31.3 Å². The summed E-state index contributed by atoms with van der Waals surface area (Å²) in [6.07, 6.45) is -5.97. The molecule has 0 unspecified atom stereocenters. The smallest absolute Gasteiger partial charge is 0.423 e. The van der Waals surface area contributed by atoms with E-state index in [0.717, 1.165) is 19.3 Å². The fourth-order valence-corrected chi connectivity index (χ4v) is 4.83. The van der Waals surface area contributed by atoms with E-state index in [4.69, 9.17) is 9.47 Å². The number of nitrogens with zero attached hydrogens (tertiary/aromatic N) is 5. The molecule has 3 aliphatic rings. The SMILES string of the molecule is FC(F)(F)c1cnc(N[C@@H]2CCC[C@H](c3nnc4n3CC[C@@H](C(F)(F)F)C4)C2)nc1OC1COC1. The van der Waals surface area contributed by atoms with Gasteiger partial charge in [0.05, 0.1) is 19.1 Å². The first-order valence-corrected chi connectivity index (χ1v) is 11.5. The number of halogens is 6. The molecule has 2 fully saturated rings. The van der Waals surface area contributed by atoms with Crippen LogP contribution in [0.25, 0.3) is 0 Å². The van der Waals surface area contributed by atoms with Crippen LogP contribution in [0.2, 0.25) is 0 Å². The molecule has 1 N–H and O–H groups in total. The van der Waals surface area contributed by atoms with Crippen molar-refractivity contribution in [3.63, 3.8) is 0 Å². The lowest BCUT2D eigenvalue weighted by molar-refractivity contribution is -0.179. The van der Waals surface area contributed by atoms with E-state index in [0.29, 0.717) is 24.3 Å². The molecule has 2 aliphatic heterocycles. The first-order chi connectivity index (χ1) is 16.6. The molecule has 0 amide bonds. The summed E-state index contributed by atoms with van der Waals surface area (Å²) < 4.78 is 91.5. The highest BCUT2D eigenvalue weighted by molar-refractivity contribution is 5.36. The third-order valence-corrected chi connectivity index (χ3v) is 6.77. The number of hydrogen-bond donors (Lipinski definition) is 1. The van der Waals surface area contributed by atoms with Crippen LogP contribution in [-0.4, -0.2) is 56.3 Å². The van der Waals surface area contributed by atoms with Crippen LogP contribution in [0.15, 0.2) is 6.20 Å². The normalized spacial score (nSPS) is 25.6. The topological polar surface area (TPSA) is 87.0 Å². The lowest BCUT2D eigenvalue weighted by Crippen LogP contribution is -2.39. The van der Waals surface area contributed by atoms with Gasteiger partial charge in [0.15, 0.2) is 0 Å². The maximum Gasteiger partial charge on any atom is 0.423 e. The van der Waals surface area contributed by atoms with Crippen molar-refractivity contribution in [2.24, 2.45) is 5.92 Å². The molecule has 3 atom stereocenters. The van der Waals surface area contributed by atoms with Crippen LogP contribution in [0.1, 0.15) is 55.2 Å². The van der Waals surface area contributed by atoms with E-state index in [2.05, 4.69) is 25.5 Å². The molecule has 0 spiro atoms. The largest absolute Gasteiger partial charge is 0.469 e. The van der Waals surface area contributed by atoms with Gasteiger partial charge in [0.1, 0.15) is 23.3 Å². The molecule has 1 saturated heterocycles. The van der Waals surface area contributed by atoms with Crippen molar-refractivity contribution in [3.8, 4) is 5.88 Å². The number of rotatable bonds is 5. The Morgan fingerprint density at radius 1 is 1.06 bits per heavy atom. The number of ether oxygens (including phenoxy) is 2. The molecule has 192 valence electrons. The Morgan fingerprint density at radius 2 is 1.86 bits per heavy atom. The number of fused-ring (bicyclic) bond motifs is 1. The second kappa shape index (κ2) is 9.10. The average molecular weight is 506 g/mol. The first kappa shape index (κ1) is 24.1. The van der Waals surface area contributed by atoms with Crippen LogP contribution in [0.3, 0.4) is 0 Å². The molecule has 1 saturated carbocycles. The summed E-state index contributed by atoms with van der Waals surface area (Å²) in [5.41, 5.74) is -1.05. The zero-order chi connectivity index (χ0) is 24.8. The van der Waals surface area contributed by atoms with E-state index in [1.54, 1.807) is 4.57 Å². The summed E-state index contributed by atoms with van der Waals surface area (Å²) in [6, 6.07) is -0.148. The van der Waals surface area contributed by atoms with Crippen molar-refractivity contribution in [1.29, 1.82) is 0 Å². The summed E-state index contributed by atoms with van der Waals surface area (Å²) in [5.74, 6) is -0.961. The van der Waals surface area contributed by atoms with Crippen LogP contribution in [0, 0.1) is 5.92 Å². The van der Waals surface area contributed by atoms with Gasteiger partial charge in [-0.25, -0.2) is 4.98 Å². The second-order valence-corrected chi connectivity index (χ2v) is 9.25.